The topological polar surface area (TPSA) is 105 Å². The predicted molar refractivity (Wildman–Crippen MR) is 65.6 cm³/mol. The first-order valence-electron chi connectivity index (χ1n) is 6.25. The zero-order valence-corrected chi connectivity index (χ0v) is 10.2. The Morgan fingerprint density at radius 3 is 2.84 bits per heavy atom. The maximum Gasteiger partial charge on any atom is 0.306 e. The standard InChI is InChI=1S/C11H14N6O2/c18-11(19)7-1-3-8(4-2-7)13-9-5-12-6-10-14-15-16-17(9)10/h5-8,13H,1-4H2,(H,18,19). The molecular formula is C11H14N6O2. The SMILES string of the molecule is O=C(O)C1CCC(Nc2cncc3nnnn23)CC1. The minimum absolute atomic E-state index is 0.208. The van der Waals surface area contributed by atoms with Crippen molar-refractivity contribution in [3.05, 3.63) is 12.4 Å². The molecule has 1 aliphatic carbocycles. The van der Waals surface area contributed by atoms with Crippen molar-refractivity contribution >= 4 is 17.4 Å². The van der Waals surface area contributed by atoms with Crippen molar-refractivity contribution in [3.8, 4) is 0 Å². The summed E-state index contributed by atoms with van der Waals surface area (Å²) in [5.74, 6) is -0.163. The average Bonchev–Trinajstić information content (AvgIpc) is 2.89. The van der Waals surface area contributed by atoms with Crippen molar-refractivity contribution in [2.45, 2.75) is 31.7 Å². The molecule has 8 nitrogen and oxygen atoms in total. The van der Waals surface area contributed by atoms with Crippen LogP contribution in [0.3, 0.4) is 0 Å². The van der Waals surface area contributed by atoms with E-state index in [1.54, 1.807) is 16.9 Å². The van der Waals surface area contributed by atoms with Crippen LogP contribution in [0.15, 0.2) is 12.4 Å². The number of aliphatic carboxylic acids is 1. The van der Waals surface area contributed by atoms with Crippen molar-refractivity contribution in [2.24, 2.45) is 5.92 Å². The number of carbonyl (C=O) groups is 1. The van der Waals surface area contributed by atoms with Crippen LogP contribution in [0.2, 0.25) is 0 Å². The summed E-state index contributed by atoms with van der Waals surface area (Å²) in [6.07, 6.45) is 6.32. The zero-order valence-electron chi connectivity index (χ0n) is 10.2. The largest absolute Gasteiger partial charge is 0.481 e. The zero-order chi connectivity index (χ0) is 13.2. The van der Waals surface area contributed by atoms with E-state index >= 15 is 0 Å². The molecular weight excluding hydrogens is 248 g/mol. The van der Waals surface area contributed by atoms with Crippen LogP contribution in [0.5, 0.6) is 0 Å². The number of anilines is 1. The summed E-state index contributed by atoms with van der Waals surface area (Å²) in [5.41, 5.74) is 0.587. The molecule has 0 spiro atoms. The van der Waals surface area contributed by atoms with Crippen molar-refractivity contribution < 1.29 is 9.90 Å². The van der Waals surface area contributed by atoms with Crippen molar-refractivity contribution in [1.82, 2.24) is 25.0 Å². The summed E-state index contributed by atoms with van der Waals surface area (Å²) in [6, 6.07) is 0.243. The molecule has 3 rings (SSSR count). The number of rotatable bonds is 3. The van der Waals surface area contributed by atoms with Gasteiger partial charge in [-0.2, -0.15) is 4.52 Å². The highest BCUT2D eigenvalue weighted by Crippen LogP contribution is 2.26. The Morgan fingerprint density at radius 2 is 2.11 bits per heavy atom. The molecule has 0 unspecified atom stereocenters. The lowest BCUT2D eigenvalue weighted by molar-refractivity contribution is -0.142. The van der Waals surface area contributed by atoms with E-state index in [0.29, 0.717) is 18.5 Å². The second-order valence-corrected chi connectivity index (χ2v) is 4.77. The molecule has 2 heterocycles. The molecule has 0 aliphatic heterocycles. The maximum atomic E-state index is 10.9. The number of fused-ring (bicyclic) bond motifs is 1. The first kappa shape index (κ1) is 11.8. The van der Waals surface area contributed by atoms with Gasteiger partial charge in [0.25, 0.3) is 0 Å². The van der Waals surface area contributed by atoms with Gasteiger partial charge in [-0.1, -0.05) is 0 Å². The molecule has 2 N–H and O–H groups in total. The summed E-state index contributed by atoms with van der Waals surface area (Å²) in [6.45, 7) is 0. The molecule has 0 amide bonds. The van der Waals surface area contributed by atoms with Gasteiger partial charge in [-0.25, -0.2) is 0 Å². The minimum atomic E-state index is -0.692. The lowest BCUT2D eigenvalue weighted by atomic mass is 9.86. The van der Waals surface area contributed by atoms with E-state index in [-0.39, 0.29) is 12.0 Å². The van der Waals surface area contributed by atoms with Gasteiger partial charge in [-0.3, -0.25) is 9.78 Å². The second kappa shape index (κ2) is 4.79. The summed E-state index contributed by atoms with van der Waals surface area (Å²) in [5, 5.41) is 23.6. The number of hydrogen-bond acceptors (Lipinski definition) is 6. The molecule has 2 aromatic rings. The monoisotopic (exact) mass is 262 g/mol. The number of carboxylic acid groups (broad SMARTS) is 1. The van der Waals surface area contributed by atoms with Crippen LogP contribution < -0.4 is 5.32 Å². The summed E-state index contributed by atoms with van der Waals surface area (Å²) in [4.78, 5) is 15.0. The fourth-order valence-electron chi connectivity index (χ4n) is 2.47. The first-order chi connectivity index (χ1) is 9.24. The van der Waals surface area contributed by atoms with Gasteiger partial charge in [0, 0.05) is 6.04 Å². The Hall–Kier alpha value is -2.25. The molecule has 1 saturated carbocycles. The number of carboxylic acids is 1. The third-order valence-electron chi connectivity index (χ3n) is 3.54. The number of tetrazole rings is 1. The van der Waals surface area contributed by atoms with Crippen LogP contribution in [0.4, 0.5) is 5.82 Å². The molecule has 8 heteroatoms. The van der Waals surface area contributed by atoms with E-state index in [2.05, 4.69) is 25.8 Å². The van der Waals surface area contributed by atoms with Crippen molar-refractivity contribution in [3.63, 3.8) is 0 Å². The Labute approximate surface area is 108 Å². The average molecular weight is 262 g/mol. The minimum Gasteiger partial charge on any atom is -0.481 e. The number of nitrogens with one attached hydrogen (secondary N) is 1. The number of hydrogen-bond donors (Lipinski definition) is 2. The lowest BCUT2D eigenvalue weighted by Crippen LogP contribution is -2.30. The van der Waals surface area contributed by atoms with Gasteiger partial charge in [0.15, 0.2) is 11.5 Å². The summed E-state index contributed by atoms with van der Waals surface area (Å²) >= 11 is 0. The van der Waals surface area contributed by atoms with Crippen LogP contribution in [-0.2, 0) is 4.79 Å². The van der Waals surface area contributed by atoms with Gasteiger partial charge in [-0.05, 0) is 36.1 Å². The fraction of sp³-hybridized carbons (Fsp3) is 0.545. The van der Waals surface area contributed by atoms with Crippen LogP contribution in [0.1, 0.15) is 25.7 Å². The lowest BCUT2D eigenvalue weighted by Gasteiger charge is -2.27. The van der Waals surface area contributed by atoms with E-state index in [9.17, 15) is 4.79 Å². The highest BCUT2D eigenvalue weighted by atomic mass is 16.4. The van der Waals surface area contributed by atoms with Gasteiger partial charge >= 0.3 is 5.97 Å². The molecule has 0 atom stereocenters. The molecule has 19 heavy (non-hydrogen) atoms. The molecule has 0 bridgehead atoms. The van der Waals surface area contributed by atoms with Crippen molar-refractivity contribution in [2.75, 3.05) is 5.32 Å². The summed E-state index contributed by atoms with van der Waals surface area (Å²) in [7, 11) is 0. The Balaban J connectivity index is 1.69. The molecule has 0 radical (unpaired) electrons. The smallest absolute Gasteiger partial charge is 0.306 e. The molecule has 100 valence electrons. The quantitative estimate of drug-likeness (QED) is 0.833. The third-order valence-corrected chi connectivity index (χ3v) is 3.54. The van der Waals surface area contributed by atoms with E-state index in [4.69, 9.17) is 5.11 Å². The van der Waals surface area contributed by atoms with Crippen LogP contribution in [0.25, 0.3) is 5.65 Å². The van der Waals surface area contributed by atoms with Crippen LogP contribution in [-0.4, -0.2) is 42.1 Å². The Kier molecular flexibility index (Phi) is 2.98. The van der Waals surface area contributed by atoms with E-state index in [1.165, 1.54) is 0 Å². The van der Waals surface area contributed by atoms with Crippen LogP contribution in [0, 0.1) is 5.92 Å². The molecule has 0 saturated heterocycles. The third kappa shape index (κ3) is 2.33. The molecule has 1 aliphatic rings. The maximum absolute atomic E-state index is 10.9. The number of aromatic nitrogens is 5. The summed E-state index contributed by atoms with van der Waals surface area (Å²) < 4.78 is 1.59. The molecule has 1 fully saturated rings. The van der Waals surface area contributed by atoms with Gasteiger partial charge < -0.3 is 10.4 Å². The predicted octanol–water partition coefficient (Wildman–Crippen LogP) is 0.575. The van der Waals surface area contributed by atoms with Crippen molar-refractivity contribution in [1.29, 1.82) is 0 Å². The first-order valence-corrected chi connectivity index (χ1v) is 6.25. The highest BCUT2D eigenvalue weighted by Gasteiger charge is 2.26. The van der Waals surface area contributed by atoms with Gasteiger partial charge in [0.1, 0.15) is 0 Å². The highest BCUT2D eigenvalue weighted by molar-refractivity contribution is 5.70. The number of nitrogens with zero attached hydrogens (tertiary/aromatic N) is 5. The Morgan fingerprint density at radius 1 is 1.32 bits per heavy atom. The molecule has 0 aromatic carbocycles. The van der Waals surface area contributed by atoms with E-state index in [0.717, 1.165) is 18.7 Å². The van der Waals surface area contributed by atoms with Gasteiger partial charge in [0.05, 0.1) is 18.3 Å². The van der Waals surface area contributed by atoms with Gasteiger partial charge in [0.2, 0.25) is 0 Å². The normalized spacial score (nSPS) is 23.4. The molecule has 2 aromatic heterocycles. The van der Waals surface area contributed by atoms with E-state index in [1.807, 2.05) is 0 Å². The fourth-order valence-corrected chi connectivity index (χ4v) is 2.47. The van der Waals surface area contributed by atoms with E-state index < -0.39 is 5.97 Å². The van der Waals surface area contributed by atoms with Crippen LogP contribution >= 0.6 is 0 Å². The van der Waals surface area contributed by atoms with Gasteiger partial charge in [-0.15, -0.1) is 5.10 Å². The second-order valence-electron chi connectivity index (χ2n) is 4.77. The Bertz CT molecular complexity index is 590.